The first-order valence-corrected chi connectivity index (χ1v) is 7.30. The monoisotopic (exact) mass is 343 g/mol. The van der Waals surface area contributed by atoms with E-state index in [1.807, 2.05) is 0 Å². The molecule has 0 aliphatic heterocycles. The number of hydrogen-bond acceptors (Lipinski definition) is 9. The van der Waals surface area contributed by atoms with Crippen molar-refractivity contribution >= 4 is 40.2 Å². The van der Waals surface area contributed by atoms with Gasteiger partial charge in [-0.2, -0.15) is 0 Å². The quantitative estimate of drug-likeness (QED) is 0.384. The van der Waals surface area contributed by atoms with Gasteiger partial charge in [-0.05, 0) is 20.8 Å². The summed E-state index contributed by atoms with van der Waals surface area (Å²) in [6.45, 7) is 6.30. The number of hydrogen-bond donors (Lipinski definition) is 1. The van der Waals surface area contributed by atoms with E-state index in [2.05, 4.69) is 25.0 Å². The van der Waals surface area contributed by atoms with Crippen molar-refractivity contribution < 1.29 is 28.7 Å². The fourth-order valence-electron chi connectivity index (χ4n) is 1.23. The highest BCUT2D eigenvalue weighted by molar-refractivity contribution is 7.14. The highest BCUT2D eigenvalue weighted by Crippen LogP contribution is 2.18. The van der Waals surface area contributed by atoms with Crippen LogP contribution in [0, 0.1) is 0 Å². The van der Waals surface area contributed by atoms with Crippen molar-refractivity contribution in [1.82, 2.24) is 4.98 Å². The van der Waals surface area contributed by atoms with Gasteiger partial charge >= 0.3 is 18.0 Å². The Bertz CT molecular complexity index is 632. The molecular weight excluding hydrogens is 326 g/mol. The lowest BCUT2D eigenvalue weighted by atomic mass is 10.2. The first kappa shape index (κ1) is 18.6. The molecule has 1 aromatic rings. The van der Waals surface area contributed by atoms with E-state index < -0.39 is 23.6 Å². The van der Waals surface area contributed by atoms with E-state index in [0.717, 1.165) is 25.4 Å². The summed E-state index contributed by atoms with van der Waals surface area (Å²) < 4.78 is 9.63. The van der Waals surface area contributed by atoms with Crippen molar-refractivity contribution in [1.29, 1.82) is 0 Å². The minimum absolute atomic E-state index is 0.0918. The van der Waals surface area contributed by atoms with Crippen LogP contribution in [0.15, 0.2) is 10.5 Å². The molecule has 126 valence electrons. The minimum Gasteiger partial charge on any atom is -0.464 e. The molecule has 1 rings (SSSR count). The fraction of sp³-hybridized carbons (Fsp3) is 0.462. The molecule has 0 unspecified atom stereocenters. The number of amides is 1. The Balaban J connectivity index is 2.90. The maximum atomic E-state index is 11.7. The van der Waals surface area contributed by atoms with Crippen molar-refractivity contribution in [3.63, 3.8) is 0 Å². The lowest BCUT2D eigenvalue weighted by Gasteiger charge is -2.18. The molecule has 0 bridgehead atoms. The highest BCUT2D eigenvalue weighted by atomic mass is 32.1. The number of carbonyl (C=O) groups is 3. The molecule has 0 fully saturated rings. The molecule has 1 heterocycles. The van der Waals surface area contributed by atoms with Gasteiger partial charge in [0, 0.05) is 12.3 Å². The van der Waals surface area contributed by atoms with Gasteiger partial charge in [0.05, 0.1) is 7.11 Å². The van der Waals surface area contributed by atoms with Gasteiger partial charge in [0.1, 0.15) is 11.3 Å². The molecule has 0 atom stereocenters. The van der Waals surface area contributed by atoms with Crippen LogP contribution >= 0.6 is 11.3 Å². The molecule has 23 heavy (non-hydrogen) atoms. The summed E-state index contributed by atoms with van der Waals surface area (Å²) in [6, 6.07) is 0. The summed E-state index contributed by atoms with van der Waals surface area (Å²) in [6.07, 6.45) is -0.685. The Kier molecular flexibility index (Phi) is 6.19. The fourth-order valence-corrected chi connectivity index (χ4v) is 1.91. The number of nitrogens with one attached hydrogen (secondary N) is 1. The summed E-state index contributed by atoms with van der Waals surface area (Å²) in [4.78, 5) is 42.6. The average Bonchev–Trinajstić information content (AvgIpc) is 2.84. The van der Waals surface area contributed by atoms with Crippen LogP contribution < -0.4 is 5.32 Å². The van der Waals surface area contributed by atoms with Gasteiger partial charge in [0.15, 0.2) is 5.13 Å². The van der Waals surface area contributed by atoms with Gasteiger partial charge < -0.3 is 14.3 Å². The van der Waals surface area contributed by atoms with Gasteiger partial charge in [-0.15, -0.1) is 11.3 Å². The number of methoxy groups -OCH3 is 1. The predicted octanol–water partition coefficient (Wildman–Crippen LogP) is 1.93. The molecule has 9 nitrogen and oxygen atoms in total. The third-order valence-corrected chi connectivity index (χ3v) is 2.76. The van der Waals surface area contributed by atoms with E-state index in [9.17, 15) is 14.4 Å². The van der Waals surface area contributed by atoms with Crippen LogP contribution in [0.5, 0.6) is 0 Å². The van der Waals surface area contributed by atoms with E-state index in [1.54, 1.807) is 20.8 Å². The Morgan fingerprint density at radius 1 is 1.30 bits per heavy atom. The molecule has 1 aromatic heterocycles. The summed E-state index contributed by atoms with van der Waals surface area (Å²) in [5.41, 5.74) is -0.858. The van der Waals surface area contributed by atoms with Crippen LogP contribution in [0.25, 0.3) is 0 Å². The highest BCUT2D eigenvalue weighted by Gasteiger charge is 2.22. The molecule has 0 spiro atoms. The van der Waals surface area contributed by atoms with E-state index >= 15 is 0 Å². The second kappa shape index (κ2) is 7.68. The largest absolute Gasteiger partial charge is 0.464 e. The number of esters is 1. The van der Waals surface area contributed by atoms with E-state index in [1.165, 1.54) is 5.38 Å². The third kappa shape index (κ3) is 6.43. The standard InChI is InChI=1S/C13H17N3O6S/c1-7(17)22-16-9(10(18)20-5)8-6-23-11(14-8)15-12(19)21-13(2,3)4/h6H,1-5H3,(H,14,15,19)/b16-9-. The van der Waals surface area contributed by atoms with E-state index in [4.69, 9.17) is 4.74 Å². The molecular formula is C13H17N3O6S. The lowest BCUT2D eigenvalue weighted by Crippen LogP contribution is -2.27. The van der Waals surface area contributed by atoms with Gasteiger partial charge in [-0.3, -0.25) is 5.32 Å². The number of thiazole rings is 1. The Hall–Kier alpha value is -2.49. The number of carbonyl (C=O) groups excluding carboxylic acids is 3. The molecule has 0 aromatic carbocycles. The predicted molar refractivity (Wildman–Crippen MR) is 82.3 cm³/mol. The van der Waals surface area contributed by atoms with E-state index in [-0.39, 0.29) is 16.5 Å². The van der Waals surface area contributed by atoms with Crippen molar-refractivity contribution in [2.75, 3.05) is 12.4 Å². The van der Waals surface area contributed by atoms with Crippen LogP contribution in [0.4, 0.5) is 9.93 Å². The van der Waals surface area contributed by atoms with E-state index in [0.29, 0.717) is 0 Å². The van der Waals surface area contributed by atoms with Gasteiger partial charge in [0.2, 0.25) is 5.71 Å². The summed E-state index contributed by atoms with van der Waals surface area (Å²) >= 11 is 1.04. The zero-order chi connectivity index (χ0) is 17.6. The first-order valence-electron chi connectivity index (χ1n) is 6.42. The van der Waals surface area contributed by atoms with Crippen LogP contribution in [-0.4, -0.2) is 41.4 Å². The molecule has 0 saturated heterocycles. The Morgan fingerprint density at radius 2 is 1.96 bits per heavy atom. The normalized spacial score (nSPS) is 11.6. The number of oxime groups is 1. The van der Waals surface area contributed by atoms with Crippen LogP contribution in [0.3, 0.4) is 0 Å². The third-order valence-electron chi connectivity index (χ3n) is 2.00. The molecule has 0 aliphatic carbocycles. The molecule has 1 amide bonds. The number of rotatable bonds is 4. The summed E-state index contributed by atoms with van der Waals surface area (Å²) in [7, 11) is 1.15. The van der Waals surface area contributed by atoms with Crippen molar-refractivity contribution in [3.05, 3.63) is 11.1 Å². The number of anilines is 1. The van der Waals surface area contributed by atoms with Gasteiger partial charge in [-0.1, -0.05) is 5.16 Å². The maximum Gasteiger partial charge on any atom is 0.413 e. The Morgan fingerprint density at radius 3 is 2.48 bits per heavy atom. The van der Waals surface area contributed by atoms with Crippen molar-refractivity contribution in [2.45, 2.75) is 33.3 Å². The second-order valence-corrected chi connectivity index (χ2v) is 6.04. The number of aromatic nitrogens is 1. The van der Waals surface area contributed by atoms with Crippen LogP contribution in [0.2, 0.25) is 0 Å². The summed E-state index contributed by atoms with van der Waals surface area (Å²) in [5, 5.41) is 7.47. The summed E-state index contributed by atoms with van der Waals surface area (Å²) in [5.74, 6) is -1.53. The van der Waals surface area contributed by atoms with Crippen molar-refractivity contribution in [3.8, 4) is 0 Å². The topological polar surface area (TPSA) is 116 Å². The van der Waals surface area contributed by atoms with Gasteiger partial charge in [0.25, 0.3) is 0 Å². The lowest BCUT2D eigenvalue weighted by molar-refractivity contribution is -0.141. The molecule has 0 aliphatic rings. The molecule has 1 N–H and O–H groups in total. The van der Waals surface area contributed by atoms with Gasteiger partial charge in [-0.25, -0.2) is 19.4 Å². The van der Waals surface area contributed by atoms with Crippen LogP contribution in [0.1, 0.15) is 33.4 Å². The SMILES string of the molecule is COC(=O)/C(=N\OC(C)=O)c1csc(NC(=O)OC(C)(C)C)n1. The first-order chi connectivity index (χ1) is 10.6. The minimum atomic E-state index is -0.833. The number of ether oxygens (including phenoxy) is 2. The molecule has 10 heteroatoms. The van der Waals surface area contributed by atoms with Crippen LogP contribution in [-0.2, 0) is 23.9 Å². The zero-order valence-corrected chi connectivity index (χ0v) is 14.1. The smallest absolute Gasteiger partial charge is 0.413 e. The molecule has 0 saturated carbocycles. The Labute approximate surface area is 136 Å². The molecule has 0 radical (unpaired) electrons. The number of nitrogens with zero attached hydrogens (tertiary/aromatic N) is 2. The zero-order valence-electron chi connectivity index (χ0n) is 13.3. The van der Waals surface area contributed by atoms with Crippen molar-refractivity contribution in [2.24, 2.45) is 5.16 Å². The maximum absolute atomic E-state index is 11.7. The average molecular weight is 343 g/mol. The second-order valence-electron chi connectivity index (χ2n) is 5.18.